The molecule has 0 aliphatic carbocycles. The van der Waals surface area contributed by atoms with Crippen molar-refractivity contribution < 1.29 is 9.53 Å². The van der Waals surface area contributed by atoms with Crippen molar-refractivity contribution in [3.63, 3.8) is 0 Å². The smallest absolute Gasteiger partial charge is 0.358 e. The number of hydrogen-bond acceptors (Lipinski definition) is 4. The lowest BCUT2D eigenvalue weighted by Crippen LogP contribution is -2.05. The van der Waals surface area contributed by atoms with Crippen LogP contribution in [0.25, 0.3) is 0 Å². The third-order valence-corrected chi connectivity index (χ3v) is 3.61. The van der Waals surface area contributed by atoms with Crippen LogP contribution in [0.1, 0.15) is 34.1 Å². The number of rotatable bonds is 6. The van der Waals surface area contributed by atoms with E-state index < -0.39 is 0 Å². The normalized spacial score (nSPS) is 10.8. The minimum atomic E-state index is -0.388. The van der Waals surface area contributed by atoms with Crippen molar-refractivity contribution in [2.24, 2.45) is 0 Å². The summed E-state index contributed by atoms with van der Waals surface area (Å²) in [5.74, 6) is -0.388. The van der Waals surface area contributed by atoms with Gasteiger partial charge in [-0.3, -0.25) is 4.68 Å². The number of hydrogen-bond donors (Lipinski definition) is 0. The molecular formula is C18H20N4O2. The van der Waals surface area contributed by atoms with Crippen LogP contribution in [0.2, 0.25) is 0 Å². The van der Waals surface area contributed by atoms with E-state index in [1.165, 1.54) is 5.56 Å². The summed E-state index contributed by atoms with van der Waals surface area (Å²) >= 11 is 0. The van der Waals surface area contributed by atoms with E-state index in [4.69, 9.17) is 4.74 Å². The van der Waals surface area contributed by atoms with E-state index in [2.05, 4.69) is 34.3 Å². The number of esters is 1. The SMILES string of the molecule is CCOC(=O)c1cn(Cc2ccc(Cn3cc(C)cn3)cc2)cn1. The maximum absolute atomic E-state index is 11.6. The van der Waals surface area contributed by atoms with Gasteiger partial charge in [-0.15, -0.1) is 0 Å². The standard InChI is InChI=1S/C18H20N4O2/c1-3-24-18(23)17-12-21(13-19-17)10-15-4-6-16(7-5-15)11-22-9-14(2)8-20-22/h4-9,12-13H,3,10-11H2,1-2H3. The lowest BCUT2D eigenvalue weighted by Gasteiger charge is -2.05. The molecule has 0 N–H and O–H groups in total. The largest absolute Gasteiger partial charge is 0.461 e. The summed E-state index contributed by atoms with van der Waals surface area (Å²) in [4.78, 5) is 15.7. The van der Waals surface area contributed by atoms with Crippen LogP contribution in [0, 0.1) is 6.92 Å². The summed E-state index contributed by atoms with van der Waals surface area (Å²) in [5, 5.41) is 4.30. The fourth-order valence-electron chi connectivity index (χ4n) is 2.46. The zero-order valence-electron chi connectivity index (χ0n) is 13.8. The first kappa shape index (κ1) is 16.0. The van der Waals surface area contributed by atoms with Crippen LogP contribution < -0.4 is 0 Å². The van der Waals surface area contributed by atoms with Gasteiger partial charge in [0.15, 0.2) is 5.69 Å². The van der Waals surface area contributed by atoms with Crippen molar-refractivity contribution in [3.8, 4) is 0 Å². The molecule has 3 rings (SSSR count). The van der Waals surface area contributed by atoms with Gasteiger partial charge in [0.2, 0.25) is 0 Å². The monoisotopic (exact) mass is 324 g/mol. The molecule has 0 aliphatic rings. The fraction of sp³-hybridized carbons (Fsp3) is 0.278. The van der Waals surface area contributed by atoms with Crippen molar-refractivity contribution >= 4 is 5.97 Å². The number of ether oxygens (including phenoxy) is 1. The van der Waals surface area contributed by atoms with E-state index in [9.17, 15) is 4.79 Å². The molecule has 0 bridgehead atoms. The predicted octanol–water partition coefficient (Wildman–Crippen LogP) is 2.66. The van der Waals surface area contributed by atoms with Gasteiger partial charge in [-0.1, -0.05) is 24.3 Å². The van der Waals surface area contributed by atoms with Gasteiger partial charge in [0.1, 0.15) is 0 Å². The van der Waals surface area contributed by atoms with Crippen LogP contribution in [-0.4, -0.2) is 31.9 Å². The van der Waals surface area contributed by atoms with Crippen LogP contribution >= 0.6 is 0 Å². The lowest BCUT2D eigenvalue weighted by molar-refractivity contribution is 0.0520. The summed E-state index contributed by atoms with van der Waals surface area (Å²) < 4.78 is 8.74. The maximum Gasteiger partial charge on any atom is 0.358 e. The highest BCUT2D eigenvalue weighted by molar-refractivity contribution is 5.86. The number of aromatic nitrogens is 4. The molecule has 2 aromatic heterocycles. The van der Waals surface area contributed by atoms with Gasteiger partial charge in [0, 0.05) is 18.9 Å². The number of benzene rings is 1. The summed E-state index contributed by atoms with van der Waals surface area (Å²) in [6.45, 7) is 5.58. The molecule has 0 saturated carbocycles. The third kappa shape index (κ3) is 3.90. The Hall–Kier alpha value is -2.89. The number of carbonyl (C=O) groups excluding carboxylic acids is 1. The van der Waals surface area contributed by atoms with Gasteiger partial charge in [-0.2, -0.15) is 5.10 Å². The molecule has 6 heteroatoms. The molecule has 1 aromatic carbocycles. The molecule has 124 valence electrons. The van der Waals surface area contributed by atoms with Crippen LogP contribution in [0.3, 0.4) is 0 Å². The summed E-state index contributed by atoms with van der Waals surface area (Å²) in [7, 11) is 0. The Kier molecular flexibility index (Phi) is 4.74. The molecular weight excluding hydrogens is 304 g/mol. The quantitative estimate of drug-likeness (QED) is 0.654. The Morgan fingerprint density at radius 3 is 2.46 bits per heavy atom. The Morgan fingerprint density at radius 1 is 1.12 bits per heavy atom. The number of carbonyl (C=O) groups is 1. The van der Waals surface area contributed by atoms with Gasteiger partial charge in [0.25, 0.3) is 0 Å². The molecule has 0 unspecified atom stereocenters. The van der Waals surface area contributed by atoms with Gasteiger partial charge in [-0.05, 0) is 30.5 Å². The second kappa shape index (κ2) is 7.12. The lowest BCUT2D eigenvalue weighted by atomic mass is 10.1. The highest BCUT2D eigenvalue weighted by Gasteiger charge is 2.10. The van der Waals surface area contributed by atoms with Gasteiger partial charge >= 0.3 is 5.97 Å². The predicted molar refractivity (Wildman–Crippen MR) is 89.8 cm³/mol. The first-order valence-electron chi connectivity index (χ1n) is 7.90. The van der Waals surface area contributed by atoms with Gasteiger partial charge in [-0.25, -0.2) is 9.78 Å². The molecule has 0 amide bonds. The molecule has 2 heterocycles. The Balaban J connectivity index is 1.63. The molecule has 0 atom stereocenters. The summed E-state index contributed by atoms with van der Waals surface area (Å²) in [5.41, 5.74) is 3.83. The first-order valence-corrected chi connectivity index (χ1v) is 7.90. The molecule has 0 saturated heterocycles. The van der Waals surface area contributed by atoms with E-state index in [-0.39, 0.29) is 5.97 Å². The highest BCUT2D eigenvalue weighted by Crippen LogP contribution is 2.09. The first-order chi connectivity index (χ1) is 11.6. The number of aryl methyl sites for hydroxylation is 1. The Bertz CT molecular complexity index is 818. The van der Waals surface area contributed by atoms with Crippen LogP contribution in [0.4, 0.5) is 0 Å². The minimum absolute atomic E-state index is 0.336. The van der Waals surface area contributed by atoms with Gasteiger partial charge in [0.05, 0.1) is 25.7 Å². The van der Waals surface area contributed by atoms with E-state index in [1.54, 1.807) is 19.4 Å². The van der Waals surface area contributed by atoms with E-state index in [1.807, 2.05) is 28.6 Å². The number of nitrogens with zero attached hydrogens (tertiary/aromatic N) is 4. The second-order valence-corrected chi connectivity index (χ2v) is 5.68. The van der Waals surface area contributed by atoms with Crippen LogP contribution in [0.15, 0.2) is 49.2 Å². The van der Waals surface area contributed by atoms with Crippen molar-refractivity contribution in [1.29, 1.82) is 0 Å². The third-order valence-electron chi connectivity index (χ3n) is 3.61. The molecule has 0 spiro atoms. The minimum Gasteiger partial charge on any atom is -0.461 e. The second-order valence-electron chi connectivity index (χ2n) is 5.68. The zero-order chi connectivity index (χ0) is 16.9. The zero-order valence-corrected chi connectivity index (χ0v) is 13.8. The van der Waals surface area contributed by atoms with Crippen molar-refractivity contribution in [1.82, 2.24) is 19.3 Å². The van der Waals surface area contributed by atoms with Gasteiger partial charge < -0.3 is 9.30 Å². The molecule has 0 radical (unpaired) electrons. The molecule has 6 nitrogen and oxygen atoms in total. The Labute approximate surface area is 140 Å². The molecule has 0 aliphatic heterocycles. The average Bonchev–Trinajstić information content (AvgIpc) is 3.19. The highest BCUT2D eigenvalue weighted by atomic mass is 16.5. The molecule has 3 aromatic rings. The average molecular weight is 324 g/mol. The van der Waals surface area contributed by atoms with E-state index >= 15 is 0 Å². The van der Waals surface area contributed by atoms with Crippen LogP contribution in [-0.2, 0) is 17.8 Å². The van der Waals surface area contributed by atoms with Crippen molar-refractivity contribution in [3.05, 3.63) is 71.6 Å². The van der Waals surface area contributed by atoms with Crippen LogP contribution in [0.5, 0.6) is 0 Å². The maximum atomic E-state index is 11.6. The summed E-state index contributed by atoms with van der Waals surface area (Å²) in [6, 6.07) is 8.34. The fourth-order valence-corrected chi connectivity index (χ4v) is 2.46. The Morgan fingerprint density at radius 2 is 1.83 bits per heavy atom. The summed E-state index contributed by atoms with van der Waals surface area (Å²) in [6.07, 6.45) is 7.23. The van der Waals surface area contributed by atoms with E-state index in [0.717, 1.165) is 17.7 Å². The van der Waals surface area contributed by atoms with Crippen molar-refractivity contribution in [2.75, 3.05) is 6.61 Å². The molecule has 24 heavy (non-hydrogen) atoms. The van der Waals surface area contributed by atoms with Crippen molar-refractivity contribution in [2.45, 2.75) is 26.9 Å². The number of imidazole rings is 1. The molecule has 0 fully saturated rings. The topological polar surface area (TPSA) is 61.9 Å². The van der Waals surface area contributed by atoms with E-state index in [0.29, 0.717) is 18.8 Å².